The Morgan fingerprint density at radius 3 is 0.800 bits per heavy atom. The van der Waals surface area contributed by atoms with Gasteiger partial charge < -0.3 is 33.8 Å². The van der Waals surface area contributed by atoms with Crippen LogP contribution in [0.3, 0.4) is 0 Å². The minimum absolute atomic E-state index is 0.105. The summed E-state index contributed by atoms with van der Waals surface area (Å²) in [4.78, 5) is 72.7. The molecule has 0 aliphatic heterocycles. The number of ether oxygens (including phenoxy) is 4. The smallest absolute Gasteiger partial charge is 0.462 e. The molecule has 3 N–H and O–H groups in total. The Hall–Kier alpha value is -1.94. The van der Waals surface area contributed by atoms with Crippen molar-refractivity contribution in [3.05, 3.63) is 0 Å². The van der Waals surface area contributed by atoms with Crippen LogP contribution in [0.5, 0.6) is 0 Å². The second-order valence-electron chi connectivity index (χ2n) is 28.6. The molecule has 0 aromatic carbocycles. The predicted molar refractivity (Wildman–Crippen MR) is 386 cm³/mol. The van der Waals surface area contributed by atoms with E-state index in [9.17, 15) is 43.2 Å². The molecule has 19 heteroatoms. The molecule has 0 saturated carbocycles. The Balaban J connectivity index is 5.20. The zero-order chi connectivity index (χ0) is 70.1. The summed E-state index contributed by atoms with van der Waals surface area (Å²) in [5.41, 5.74) is 0. The molecule has 0 saturated heterocycles. The van der Waals surface area contributed by atoms with Crippen LogP contribution in [0.4, 0.5) is 0 Å². The molecule has 17 nitrogen and oxygen atoms in total. The lowest BCUT2D eigenvalue weighted by Crippen LogP contribution is -2.30. The van der Waals surface area contributed by atoms with Crippen LogP contribution >= 0.6 is 15.6 Å². The lowest BCUT2D eigenvalue weighted by Gasteiger charge is -2.21. The van der Waals surface area contributed by atoms with Crippen molar-refractivity contribution in [2.75, 3.05) is 39.6 Å². The van der Waals surface area contributed by atoms with Gasteiger partial charge in [0.2, 0.25) is 0 Å². The highest BCUT2D eigenvalue weighted by Gasteiger charge is 2.30. The second-order valence-corrected chi connectivity index (χ2v) is 31.5. The SMILES string of the molecule is CCCCCCCCCCCC(=O)OC[C@H](COP(=O)(O)OC[C@H](O)COP(=O)(O)OC[C@@H](COC(=O)CCCCCCCCCCCCC(C)C)OC(=O)CCCCCCCCCCCCCCCCCCCCC(C)C)OC(=O)CCCCCCCCCCC(C)CC. The summed E-state index contributed by atoms with van der Waals surface area (Å²) in [5, 5.41) is 10.6. The van der Waals surface area contributed by atoms with Crippen molar-refractivity contribution in [2.24, 2.45) is 17.8 Å². The maximum atomic E-state index is 13.1. The van der Waals surface area contributed by atoms with E-state index in [0.29, 0.717) is 25.7 Å². The number of rotatable bonds is 74. The van der Waals surface area contributed by atoms with Gasteiger partial charge in [0.25, 0.3) is 0 Å². The molecule has 0 fully saturated rings. The molecule has 0 aromatic heterocycles. The molecule has 0 aliphatic rings. The molecule has 0 aliphatic carbocycles. The number of phosphoric acid groups is 2. The third-order valence-electron chi connectivity index (χ3n) is 18.0. The van der Waals surface area contributed by atoms with Gasteiger partial charge in [0.15, 0.2) is 12.2 Å². The van der Waals surface area contributed by atoms with Crippen molar-refractivity contribution in [3.8, 4) is 0 Å². The van der Waals surface area contributed by atoms with Gasteiger partial charge in [0, 0.05) is 25.7 Å². The highest BCUT2D eigenvalue weighted by molar-refractivity contribution is 7.47. The van der Waals surface area contributed by atoms with Crippen molar-refractivity contribution in [3.63, 3.8) is 0 Å². The highest BCUT2D eigenvalue weighted by atomic mass is 31.2. The summed E-state index contributed by atoms with van der Waals surface area (Å²) in [6.07, 6.45) is 52.8. The van der Waals surface area contributed by atoms with Crippen molar-refractivity contribution in [1.82, 2.24) is 0 Å². The first-order chi connectivity index (χ1) is 45.8. The van der Waals surface area contributed by atoms with Gasteiger partial charge in [-0.2, -0.15) is 0 Å². The van der Waals surface area contributed by atoms with Gasteiger partial charge in [-0.05, 0) is 43.4 Å². The molecular weight excluding hydrogens is 1250 g/mol. The lowest BCUT2D eigenvalue weighted by atomic mass is 9.99. The number of aliphatic hydroxyl groups is 1. The number of unbranched alkanes of at least 4 members (excludes halogenated alkanes) is 41. The van der Waals surface area contributed by atoms with Crippen LogP contribution in [0, 0.1) is 17.8 Å². The van der Waals surface area contributed by atoms with Crippen molar-refractivity contribution in [1.29, 1.82) is 0 Å². The zero-order valence-corrected chi connectivity index (χ0v) is 63.9. The van der Waals surface area contributed by atoms with Crippen LogP contribution in [0.1, 0.15) is 389 Å². The minimum atomic E-state index is -4.96. The lowest BCUT2D eigenvalue weighted by molar-refractivity contribution is -0.161. The van der Waals surface area contributed by atoms with Gasteiger partial charge in [-0.25, -0.2) is 9.13 Å². The first-order valence-electron chi connectivity index (χ1n) is 39.4. The largest absolute Gasteiger partial charge is 0.472 e. The molecular formula is C76H148O17P2. The molecule has 564 valence electrons. The fourth-order valence-corrected chi connectivity index (χ4v) is 13.1. The van der Waals surface area contributed by atoms with Gasteiger partial charge >= 0.3 is 39.5 Å². The fraction of sp³-hybridized carbons (Fsp3) is 0.947. The van der Waals surface area contributed by atoms with Crippen molar-refractivity contribution < 1.29 is 80.2 Å². The molecule has 6 atom stereocenters. The molecule has 0 rings (SSSR count). The number of carbonyl (C=O) groups is 4. The molecule has 0 bridgehead atoms. The summed E-state index contributed by atoms with van der Waals surface area (Å²) in [7, 11) is -9.91. The van der Waals surface area contributed by atoms with E-state index in [2.05, 4.69) is 48.5 Å². The minimum Gasteiger partial charge on any atom is -0.462 e. The molecule has 0 amide bonds. The number of aliphatic hydroxyl groups excluding tert-OH is 1. The van der Waals surface area contributed by atoms with Crippen LogP contribution in [-0.2, 0) is 65.4 Å². The number of carbonyl (C=O) groups excluding carboxylic acids is 4. The quantitative estimate of drug-likeness (QED) is 0.0222. The number of esters is 4. The molecule has 95 heavy (non-hydrogen) atoms. The molecule has 0 spiro atoms. The first kappa shape index (κ1) is 93.1. The zero-order valence-electron chi connectivity index (χ0n) is 62.1. The second kappa shape index (κ2) is 66.6. The Morgan fingerprint density at radius 1 is 0.305 bits per heavy atom. The standard InChI is InChI=1S/C76H148O17P2/c1-8-10-11-12-13-26-36-43-50-57-73(78)86-63-72(93-76(81)60-53-46-39-32-31-35-42-49-56-69(7)9-2)66-91-95(84,85)89-62-70(77)61-88-94(82,83)90-65-71(64-87-74(79)58-51-44-37-29-25-24-28-34-41-48-55-68(5)6)92-75(80)59-52-45-38-30-23-21-19-17-15-14-16-18-20-22-27-33-40-47-54-67(3)4/h67-72,77H,8-66H2,1-7H3,(H,82,83)(H,84,85)/t69?,70-,71-,72-/m1/s1. The average molecular weight is 1400 g/mol. The Labute approximate surface area is 581 Å². The third kappa shape index (κ3) is 69.0. The van der Waals surface area contributed by atoms with Gasteiger partial charge in [0.1, 0.15) is 19.3 Å². The summed E-state index contributed by atoms with van der Waals surface area (Å²) >= 11 is 0. The summed E-state index contributed by atoms with van der Waals surface area (Å²) in [5.74, 6) is 0.228. The van der Waals surface area contributed by atoms with E-state index in [0.717, 1.165) is 108 Å². The summed E-state index contributed by atoms with van der Waals surface area (Å²) < 4.78 is 68.5. The van der Waals surface area contributed by atoms with Gasteiger partial charge in [0.05, 0.1) is 26.4 Å². The van der Waals surface area contributed by atoms with E-state index in [1.165, 1.54) is 199 Å². The van der Waals surface area contributed by atoms with E-state index in [1.54, 1.807) is 0 Å². The van der Waals surface area contributed by atoms with Crippen LogP contribution < -0.4 is 0 Å². The highest BCUT2D eigenvalue weighted by Crippen LogP contribution is 2.45. The monoisotopic (exact) mass is 1400 g/mol. The Morgan fingerprint density at radius 2 is 0.537 bits per heavy atom. The Kier molecular flexibility index (Phi) is 65.2. The predicted octanol–water partition coefficient (Wildman–Crippen LogP) is 22.2. The van der Waals surface area contributed by atoms with Gasteiger partial charge in [-0.1, -0.05) is 337 Å². The maximum Gasteiger partial charge on any atom is 0.472 e. The normalized spacial score (nSPS) is 14.4. The van der Waals surface area contributed by atoms with E-state index < -0.39 is 97.5 Å². The van der Waals surface area contributed by atoms with Crippen LogP contribution in [0.25, 0.3) is 0 Å². The molecule has 0 radical (unpaired) electrons. The number of hydrogen-bond donors (Lipinski definition) is 3. The molecule has 3 unspecified atom stereocenters. The third-order valence-corrected chi connectivity index (χ3v) is 19.9. The number of hydrogen-bond acceptors (Lipinski definition) is 15. The van der Waals surface area contributed by atoms with Crippen LogP contribution in [0.2, 0.25) is 0 Å². The maximum absolute atomic E-state index is 13.1. The van der Waals surface area contributed by atoms with E-state index in [-0.39, 0.29) is 25.7 Å². The van der Waals surface area contributed by atoms with Crippen LogP contribution in [-0.4, -0.2) is 96.7 Å². The topological polar surface area (TPSA) is 237 Å². The van der Waals surface area contributed by atoms with Gasteiger partial charge in [-0.15, -0.1) is 0 Å². The molecule has 0 heterocycles. The number of phosphoric ester groups is 2. The Bertz CT molecular complexity index is 1850. The fourth-order valence-electron chi connectivity index (χ4n) is 11.6. The molecule has 0 aromatic rings. The van der Waals surface area contributed by atoms with E-state index in [1.807, 2.05) is 0 Å². The van der Waals surface area contributed by atoms with Gasteiger partial charge in [-0.3, -0.25) is 37.3 Å². The first-order valence-corrected chi connectivity index (χ1v) is 42.4. The average Bonchev–Trinajstić information content (AvgIpc) is 1.65. The summed E-state index contributed by atoms with van der Waals surface area (Å²) in [6, 6.07) is 0. The van der Waals surface area contributed by atoms with Crippen molar-refractivity contribution in [2.45, 2.75) is 407 Å². The van der Waals surface area contributed by atoms with E-state index >= 15 is 0 Å². The van der Waals surface area contributed by atoms with Crippen LogP contribution in [0.15, 0.2) is 0 Å². The van der Waals surface area contributed by atoms with E-state index in [4.69, 9.17) is 37.0 Å². The van der Waals surface area contributed by atoms with Crippen molar-refractivity contribution >= 4 is 39.5 Å². The summed E-state index contributed by atoms with van der Waals surface area (Å²) in [6.45, 7) is 11.9.